The maximum atomic E-state index is 10.7. The second-order valence-corrected chi connectivity index (χ2v) is 8.96. The van der Waals surface area contributed by atoms with E-state index in [0.717, 1.165) is 44.4 Å². The third kappa shape index (κ3) is 3.54. The molecule has 6 rings (SSSR count). The molecule has 172 valence electrons. The van der Waals surface area contributed by atoms with Crippen molar-refractivity contribution in [3.05, 3.63) is 82.7 Å². The average molecular weight is 502 g/mol. The lowest BCUT2D eigenvalue weighted by Crippen LogP contribution is -2.05. The lowest BCUT2D eigenvalue weighted by molar-refractivity contribution is 0.283. The molecule has 0 bridgehead atoms. The third-order valence-electron chi connectivity index (χ3n) is 6.03. The molecule has 10 heteroatoms. The monoisotopic (exact) mass is 501 g/mol. The smallest absolute Gasteiger partial charge is 0.274 e. The summed E-state index contributed by atoms with van der Waals surface area (Å²) in [5.74, 6) is 0.349. The second-order valence-electron chi connectivity index (χ2n) is 8.09. The van der Waals surface area contributed by atoms with Gasteiger partial charge in [0.2, 0.25) is 0 Å². The van der Waals surface area contributed by atoms with Crippen LogP contribution in [0.1, 0.15) is 5.56 Å². The topological polar surface area (TPSA) is 94.0 Å². The largest absolute Gasteiger partial charge is 0.392 e. The molecule has 3 heterocycles. The Labute approximate surface area is 209 Å². The van der Waals surface area contributed by atoms with Gasteiger partial charge in [-0.05, 0) is 57.4 Å². The second kappa shape index (κ2) is 8.42. The molecule has 0 fully saturated rings. The van der Waals surface area contributed by atoms with Gasteiger partial charge in [0.1, 0.15) is 0 Å². The molecular formula is C25H17Cl2N7O. The molecule has 1 N–H and O–H groups in total. The van der Waals surface area contributed by atoms with Gasteiger partial charge in [-0.25, -0.2) is 9.97 Å². The molecule has 0 saturated carbocycles. The van der Waals surface area contributed by atoms with Crippen molar-refractivity contribution in [3.63, 3.8) is 0 Å². The minimum atomic E-state index is -0.211. The minimum absolute atomic E-state index is 0.211. The van der Waals surface area contributed by atoms with Crippen LogP contribution in [0.4, 0.5) is 0 Å². The zero-order valence-electron chi connectivity index (χ0n) is 18.4. The fraction of sp³-hybridized carbons (Fsp3) is 0.0800. The van der Waals surface area contributed by atoms with Crippen LogP contribution in [-0.4, -0.2) is 39.7 Å². The van der Waals surface area contributed by atoms with Crippen LogP contribution in [0.2, 0.25) is 10.0 Å². The number of imidazole rings is 1. The number of halogens is 2. The number of benzene rings is 3. The summed E-state index contributed by atoms with van der Waals surface area (Å²) in [5, 5.41) is 24.9. The Morgan fingerprint density at radius 2 is 1.80 bits per heavy atom. The zero-order chi connectivity index (χ0) is 24.1. The van der Waals surface area contributed by atoms with E-state index < -0.39 is 0 Å². The molecule has 0 aliphatic heterocycles. The Morgan fingerprint density at radius 3 is 2.51 bits per heavy atom. The van der Waals surface area contributed by atoms with E-state index in [4.69, 9.17) is 28.2 Å². The molecule has 0 amide bonds. The Hall–Kier alpha value is -3.85. The molecule has 0 aliphatic carbocycles. The average Bonchev–Trinajstić information content (AvgIpc) is 3.51. The summed E-state index contributed by atoms with van der Waals surface area (Å²) in [6.45, 7) is -0.211. The van der Waals surface area contributed by atoms with E-state index in [2.05, 4.69) is 20.5 Å². The molecule has 8 nitrogen and oxygen atoms in total. The van der Waals surface area contributed by atoms with Crippen molar-refractivity contribution in [2.45, 2.75) is 6.61 Å². The molecule has 0 radical (unpaired) electrons. The summed E-state index contributed by atoms with van der Waals surface area (Å²) < 4.78 is 3.51. The number of aliphatic hydroxyl groups excluding tert-OH is 1. The van der Waals surface area contributed by atoms with Crippen LogP contribution >= 0.6 is 23.2 Å². The summed E-state index contributed by atoms with van der Waals surface area (Å²) >= 11 is 12.5. The van der Waals surface area contributed by atoms with Gasteiger partial charge in [-0.3, -0.25) is 0 Å². The molecule has 3 aromatic carbocycles. The first-order valence-electron chi connectivity index (χ1n) is 10.7. The first-order chi connectivity index (χ1) is 17.0. The van der Waals surface area contributed by atoms with Gasteiger partial charge < -0.3 is 9.67 Å². The maximum absolute atomic E-state index is 10.7. The number of aryl methyl sites for hydroxylation is 1. The Balaban J connectivity index is 1.85. The molecule has 0 spiro atoms. The van der Waals surface area contributed by atoms with Crippen LogP contribution in [-0.2, 0) is 13.7 Å². The fourth-order valence-electron chi connectivity index (χ4n) is 4.46. The van der Waals surface area contributed by atoms with Crippen LogP contribution in [0.15, 0.2) is 67.1 Å². The first kappa shape index (κ1) is 21.7. The molecule has 0 unspecified atom stereocenters. The molecule has 35 heavy (non-hydrogen) atoms. The summed E-state index contributed by atoms with van der Waals surface area (Å²) in [6.07, 6.45) is 3.49. The number of aliphatic hydroxyl groups is 1. The Morgan fingerprint density at radius 1 is 0.971 bits per heavy atom. The van der Waals surface area contributed by atoms with Crippen molar-refractivity contribution in [1.82, 2.24) is 34.6 Å². The lowest BCUT2D eigenvalue weighted by atomic mass is 9.89. The number of hydrogen-bond acceptors (Lipinski definition) is 6. The van der Waals surface area contributed by atoms with Gasteiger partial charge in [-0.15, -0.1) is 0 Å². The number of tetrazole rings is 1. The van der Waals surface area contributed by atoms with Crippen molar-refractivity contribution < 1.29 is 5.11 Å². The third-order valence-corrected chi connectivity index (χ3v) is 6.52. The highest BCUT2D eigenvalue weighted by Crippen LogP contribution is 2.42. The zero-order valence-corrected chi connectivity index (χ0v) is 19.9. The minimum Gasteiger partial charge on any atom is -0.392 e. The van der Waals surface area contributed by atoms with Crippen molar-refractivity contribution in [1.29, 1.82) is 0 Å². The van der Waals surface area contributed by atoms with Crippen LogP contribution in [0.3, 0.4) is 0 Å². The van der Waals surface area contributed by atoms with Gasteiger partial charge in [0.25, 0.3) is 5.78 Å². The van der Waals surface area contributed by atoms with E-state index in [1.54, 1.807) is 17.0 Å². The van der Waals surface area contributed by atoms with Crippen molar-refractivity contribution >= 4 is 39.9 Å². The molecule has 0 aliphatic rings. The van der Waals surface area contributed by atoms with Crippen molar-refractivity contribution in [3.8, 4) is 33.6 Å². The highest BCUT2D eigenvalue weighted by Gasteiger charge is 2.24. The van der Waals surface area contributed by atoms with Crippen LogP contribution in [0.5, 0.6) is 0 Å². The van der Waals surface area contributed by atoms with Gasteiger partial charge in [0, 0.05) is 33.6 Å². The molecule has 0 saturated heterocycles. The predicted molar refractivity (Wildman–Crippen MR) is 135 cm³/mol. The number of rotatable bonds is 4. The van der Waals surface area contributed by atoms with E-state index in [1.807, 2.05) is 66.2 Å². The molecular weight excluding hydrogens is 485 g/mol. The van der Waals surface area contributed by atoms with E-state index in [-0.39, 0.29) is 6.61 Å². The number of aromatic nitrogens is 7. The molecule has 0 atom stereocenters. The predicted octanol–water partition coefficient (Wildman–Crippen LogP) is 5.21. The van der Waals surface area contributed by atoms with E-state index >= 15 is 0 Å². The summed E-state index contributed by atoms with van der Waals surface area (Å²) in [7, 11) is 1.91. The van der Waals surface area contributed by atoms with Crippen LogP contribution in [0.25, 0.3) is 50.3 Å². The first-order valence-corrected chi connectivity index (χ1v) is 11.5. The quantitative estimate of drug-likeness (QED) is 0.356. The van der Waals surface area contributed by atoms with E-state index in [1.165, 1.54) is 0 Å². The van der Waals surface area contributed by atoms with Gasteiger partial charge in [0.05, 0.1) is 36.0 Å². The fourth-order valence-corrected chi connectivity index (χ4v) is 4.77. The number of fused-ring (bicyclic) bond motifs is 3. The SMILES string of the molecule is Cn1cncc1-c1c(CO)c(-c2ccc(Cl)cc2)cc2c1c(-c1cccc(Cl)c1)nc1nnnn12. The highest BCUT2D eigenvalue weighted by atomic mass is 35.5. The van der Waals surface area contributed by atoms with Gasteiger partial charge in [-0.1, -0.05) is 52.6 Å². The Kier molecular flexibility index (Phi) is 5.21. The maximum Gasteiger partial charge on any atom is 0.274 e. The summed E-state index contributed by atoms with van der Waals surface area (Å²) in [6, 6.07) is 16.9. The van der Waals surface area contributed by atoms with E-state index in [0.29, 0.717) is 21.5 Å². The van der Waals surface area contributed by atoms with Gasteiger partial charge >= 0.3 is 0 Å². The molecule has 3 aromatic heterocycles. The van der Waals surface area contributed by atoms with E-state index in [9.17, 15) is 5.11 Å². The van der Waals surface area contributed by atoms with Crippen LogP contribution in [0, 0.1) is 0 Å². The Bertz CT molecular complexity index is 1720. The van der Waals surface area contributed by atoms with Crippen LogP contribution < -0.4 is 0 Å². The lowest BCUT2D eigenvalue weighted by Gasteiger charge is -2.19. The van der Waals surface area contributed by atoms with Crippen molar-refractivity contribution in [2.75, 3.05) is 0 Å². The number of hydrogen-bond donors (Lipinski definition) is 1. The highest BCUT2D eigenvalue weighted by molar-refractivity contribution is 6.31. The summed E-state index contributed by atoms with van der Waals surface area (Å²) in [5.41, 5.74) is 6.23. The normalized spacial score (nSPS) is 11.5. The van der Waals surface area contributed by atoms with Gasteiger partial charge in [0.15, 0.2) is 0 Å². The van der Waals surface area contributed by atoms with Crippen molar-refractivity contribution in [2.24, 2.45) is 7.05 Å². The summed E-state index contributed by atoms with van der Waals surface area (Å²) in [4.78, 5) is 9.14. The number of nitrogens with zero attached hydrogens (tertiary/aromatic N) is 7. The van der Waals surface area contributed by atoms with Gasteiger partial charge in [-0.2, -0.15) is 4.52 Å². The molecule has 6 aromatic rings. The standard InChI is InChI=1S/C25H17Cl2N7O/c1-33-13-28-11-21(33)22-19(12-35)18(14-5-7-16(26)8-6-14)10-20-23(22)24(15-3-2-4-17(27)9-15)29-25-30-31-32-34(20)25/h2-11,13,35H,12H2,1H3.